The van der Waals surface area contributed by atoms with Crippen LogP contribution in [0.15, 0.2) is 83.4 Å². The minimum Gasteiger partial charge on any atom is -0.454 e. The van der Waals surface area contributed by atoms with Gasteiger partial charge in [-0.05, 0) is 63.4 Å². The lowest BCUT2D eigenvalue weighted by Crippen LogP contribution is -2.17. The molecule has 0 spiro atoms. The SMILES string of the molecule is [2H]C([2H])(F)C(C)(C)Cc1ccc(-c2cc3ccnc(-c4cc(C(C)(C)C)c5ccccc5c4)c3o2)cc1. The second-order valence-corrected chi connectivity index (χ2v) is 11.0. The molecule has 35 heavy (non-hydrogen) atoms. The molecule has 0 radical (unpaired) electrons. The Morgan fingerprint density at radius 1 is 0.857 bits per heavy atom. The van der Waals surface area contributed by atoms with Gasteiger partial charge in [0, 0.05) is 22.7 Å². The van der Waals surface area contributed by atoms with E-state index in [1.165, 1.54) is 16.3 Å². The summed E-state index contributed by atoms with van der Waals surface area (Å²) in [5.41, 5.74) is 4.46. The standard InChI is InChI=1S/C32H32FNO/c1-31(2,3)27-17-25(16-23-8-6-7-9-26(23)27)29-30-24(14-15-34-29)18-28(35-30)22-12-10-21(11-13-22)19-32(4,5)20-33/h6-18H,19-20H2,1-5H3/i20D2. The summed E-state index contributed by atoms with van der Waals surface area (Å²) in [6.45, 7) is 7.13. The third-order valence-corrected chi connectivity index (χ3v) is 6.52. The molecule has 0 atom stereocenters. The predicted molar refractivity (Wildman–Crippen MR) is 145 cm³/mol. The molecular weight excluding hydrogens is 433 g/mol. The van der Waals surface area contributed by atoms with Crippen molar-refractivity contribution in [1.82, 2.24) is 4.98 Å². The normalized spacial score (nSPS) is 13.8. The average Bonchev–Trinajstić information content (AvgIpc) is 3.27. The van der Waals surface area contributed by atoms with Gasteiger partial charge in [0.2, 0.25) is 0 Å². The van der Waals surface area contributed by atoms with Crippen LogP contribution in [-0.4, -0.2) is 11.6 Å². The van der Waals surface area contributed by atoms with E-state index < -0.39 is 12.0 Å². The number of rotatable bonds is 5. The van der Waals surface area contributed by atoms with Crippen molar-refractivity contribution in [2.75, 3.05) is 6.63 Å². The third kappa shape index (κ3) is 4.60. The second-order valence-electron chi connectivity index (χ2n) is 11.0. The molecule has 2 aromatic heterocycles. The fourth-order valence-corrected chi connectivity index (χ4v) is 4.71. The fourth-order valence-electron chi connectivity index (χ4n) is 4.71. The molecule has 0 aliphatic carbocycles. The summed E-state index contributed by atoms with van der Waals surface area (Å²) in [6.07, 6.45) is 2.11. The summed E-state index contributed by atoms with van der Waals surface area (Å²) in [4.78, 5) is 4.73. The number of aromatic nitrogens is 1. The van der Waals surface area contributed by atoms with Crippen LogP contribution in [0.3, 0.4) is 0 Å². The van der Waals surface area contributed by atoms with Crippen LogP contribution < -0.4 is 0 Å². The Balaban J connectivity index is 1.55. The van der Waals surface area contributed by atoms with Crippen LogP contribution in [0, 0.1) is 5.41 Å². The number of nitrogens with zero attached hydrogens (tertiary/aromatic N) is 1. The minimum absolute atomic E-state index is 0.0319. The Morgan fingerprint density at radius 2 is 1.60 bits per heavy atom. The predicted octanol–water partition coefficient (Wildman–Crippen LogP) is 9.15. The van der Waals surface area contributed by atoms with Crippen molar-refractivity contribution in [3.05, 3.63) is 90.1 Å². The summed E-state index contributed by atoms with van der Waals surface area (Å²) in [5, 5.41) is 3.39. The van der Waals surface area contributed by atoms with Gasteiger partial charge in [-0.25, -0.2) is 0 Å². The number of pyridine rings is 1. The first kappa shape index (κ1) is 20.9. The Hall–Kier alpha value is -3.46. The molecule has 0 fully saturated rings. The maximum atomic E-state index is 14.0. The highest BCUT2D eigenvalue weighted by Gasteiger charge is 2.21. The van der Waals surface area contributed by atoms with E-state index in [4.69, 9.17) is 12.1 Å². The molecule has 5 rings (SSSR count). The van der Waals surface area contributed by atoms with Crippen molar-refractivity contribution < 1.29 is 11.5 Å². The first-order chi connectivity index (χ1) is 17.3. The van der Waals surface area contributed by atoms with Gasteiger partial charge >= 0.3 is 0 Å². The van der Waals surface area contributed by atoms with E-state index in [0.717, 1.165) is 39.1 Å². The minimum atomic E-state index is -2.76. The van der Waals surface area contributed by atoms with Crippen molar-refractivity contribution >= 4 is 21.7 Å². The molecule has 178 valence electrons. The molecule has 0 amide bonds. The molecule has 0 aliphatic rings. The number of hydrogen-bond donors (Lipinski definition) is 0. The van der Waals surface area contributed by atoms with Crippen molar-refractivity contribution in [1.29, 1.82) is 0 Å². The van der Waals surface area contributed by atoms with Crippen molar-refractivity contribution in [2.45, 2.75) is 46.5 Å². The smallest absolute Gasteiger partial charge is 0.161 e. The van der Waals surface area contributed by atoms with Crippen LogP contribution >= 0.6 is 0 Å². The zero-order valence-electron chi connectivity index (χ0n) is 22.9. The topological polar surface area (TPSA) is 26.0 Å². The molecule has 2 heterocycles. The van der Waals surface area contributed by atoms with E-state index in [9.17, 15) is 4.39 Å². The van der Waals surface area contributed by atoms with Gasteiger partial charge in [-0.3, -0.25) is 9.37 Å². The summed E-state index contributed by atoms with van der Waals surface area (Å²) in [7, 11) is 0. The molecule has 0 N–H and O–H groups in total. The quantitative estimate of drug-likeness (QED) is 0.257. The summed E-state index contributed by atoms with van der Waals surface area (Å²) >= 11 is 0. The van der Waals surface area contributed by atoms with Crippen LogP contribution in [0.4, 0.5) is 4.39 Å². The van der Waals surface area contributed by atoms with Crippen molar-refractivity contribution in [2.24, 2.45) is 5.41 Å². The van der Waals surface area contributed by atoms with Crippen molar-refractivity contribution in [3.8, 4) is 22.6 Å². The van der Waals surface area contributed by atoms with Gasteiger partial charge in [-0.2, -0.15) is 0 Å². The van der Waals surface area contributed by atoms with Crippen LogP contribution in [0.25, 0.3) is 44.3 Å². The molecule has 2 nitrogen and oxygen atoms in total. The molecule has 0 saturated heterocycles. The Morgan fingerprint density at radius 3 is 2.31 bits per heavy atom. The highest BCUT2D eigenvalue weighted by molar-refractivity contribution is 5.97. The maximum Gasteiger partial charge on any atom is 0.161 e. The first-order valence-electron chi connectivity index (χ1n) is 13.0. The van der Waals surface area contributed by atoms with Gasteiger partial charge in [-0.1, -0.05) is 83.1 Å². The van der Waals surface area contributed by atoms with Gasteiger partial charge in [0.15, 0.2) is 5.58 Å². The van der Waals surface area contributed by atoms with Gasteiger partial charge in [0.25, 0.3) is 0 Å². The molecule has 0 aliphatic heterocycles. The maximum absolute atomic E-state index is 14.0. The zero-order valence-corrected chi connectivity index (χ0v) is 20.9. The fraction of sp³-hybridized carbons (Fsp3) is 0.281. The summed E-state index contributed by atoms with van der Waals surface area (Å²) in [5.74, 6) is 0.729. The molecule has 0 unspecified atom stereocenters. The number of alkyl halides is 1. The van der Waals surface area contributed by atoms with Gasteiger partial charge in [0.05, 0.1) is 9.37 Å². The van der Waals surface area contributed by atoms with E-state index in [2.05, 4.69) is 57.2 Å². The van der Waals surface area contributed by atoms with Gasteiger partial charge in [0.1, 0.15) is 11.5 Å². The van der Waals surface area contributed by atoms with Crippen molar-refractivity contribution in [3.63, 3.8) is 0 Å². The highest BCUT2D eigenvalue weighted by Crippen LogP contribution is 2.38. The van der Waals surface area contributed by atoms with Gasteiger partial charge in [-0.15, -0.1) is 0 Å². The number of hydrogen-bond acceptors (Lipinski definition) is 2. The highest BCUT2D eigenvalue weighted by atomic mass is 19.1. The van der Waals surface area contributed by atoms with E-state index in [0.29, 0.717) is 6.42 Å². The molecule has 3 heteroatoms. The molecule has 0 saturated carbocycles. The van der Waals surface area contributed by atoms with Crippen LogP contribution in [0.5, 0.6) is 0 Å². The van der Waals surface area contributed by atoms with Crippen LogP contribution in [0.1, 0.15) is 48.5 Å². The molecule has 0 bridgehead atoms. The summed E-state index contributed by atoms with van der Waals surface area (Å²) in [6, 6.07) is 24.5. The lowest BCUT2D eigenvalue weighted by molar-refractivity contribution is 0.256. The lowest BCUT2D eigenvalue weighted by atomic mass is 9.82. The third-order valence-electron chi connectivity index (χ3n) is 6.52. The van der Waals surface area contributed by atoms with E-state index in [-0.39, 0.29) is 5.41 Å². The number of benzene rings is 3. The van der Waals surface area contributed by atoms with E-state index in [1.807, 2.05) is 42.6 Å². The van der Waals surface area contributed by atoms with E-state index >= 15 is 0 Å². The monoisotopic (exact) mass is 467 g/mol. The molecule has 5 aromatic rings. The molecular formula is C32H32FNO. The molecule has 3 aromatic carbocycles. The largest absolute Gasteiger partial charge is 0.454 e. The Labute approximate surface area is 209 Å². The lowest BCUT2D eigenvalue weighted by Gasteiger charge is -2.22. The van der Waals surface area contributed by atoms with Crippen LogP contribution in [-0.2, 0) is 11.8 Å². The van der Waals surface area contributed by atoms with Gasteiger partial charge < -0.3 is 4.42 Å². The first-order valence-corrected chi connectivity index (χ1v) is 12.0. The Kier molecular flexibility index (Phi) is 5.15. The zero-order chi connectivity index (χ0) is 26.6. The average molecular weight is 468 g/mol. The summed E-state index contributed by atoms with van der Waals surface area (Å²) < 4.78 is 35.3. The second kappa shape index (κ2) is 8.64. The number of furan rings is 1. The van der Waals surface area contributed by atoms with Crippen LogP contribution in [0.2, 0.25) is 0 Å². The number of fused-ring (bicyclic) bond motifs is 2. The number of halogens is 1. The Bertz CT molecular complexity index is 1590. The van der Waals surface area contributed by atoms with E-state index in [1.54, 1.807) is 13.8 Å².